The zero-order chi connectivity index (χ0) is 26.8. The van der Waals surface area contributed by atoms with Crippen molar-refractivity contribution in [1.29, 1.82) is 0 Å². The summed E-state index contributed by atoms with van der Waals surface area (Å²) in [6.07, 6.45) is 3.96. The average Bonchev–Trinajstić information content (AvgIpc) is 3.51. The Kier molecular flexibility index (Phi) is 7.02. The lowest BCUT2D eigenvalue weighted by molar-refractivity contribution is -0.145. The van der Waals surface area contributed by atoms with Crippen molar-refractivity contribution in [2.75, 3.05) is 7.11 Å². The maximum Gasteiger partial charge on any atom is 0.308 e. The van der Waals surface area contributed by atoms with Crippen LogP contribution in [0.2, 0.25) is 5.02 Å². The third-order valence-electron chi connectivity index (χ3n) is 6.85. The van der Waals surface area contributed by atoms with Crippen molar-refractivity contribution >= 4 is 40.3 Å². The van der Waals surface area contributed by atoms with Gasteiger partial charge in [0.25, 0.3) is 17.4 Å². The molecule has 2 heterocycles. The van der Waals surface area contributed by atoms with Crippen molar-refractivity contribution < 1.29 is 19.1 Å². The highest BCUT2D eigenvalue weighted by Crippen LogP contribution is 2.29. The normalized spacial score (nSPS) is 18.7. The number of aromatic nitrogens is 2. The molecule has 4 aromatic rings. The largest absolute Gasteiger partial charge is 0.469 e. The van der Waals surface area contributed by atoms with Gasteiger partial charge in [-0.3, -0.25) is 23.7 Å². The lowest BCUT2D eigenvalue weighted by Crippen LogP contribution is -2.48. The molecule has 5 rings (SSSR count). The Labute approximate surface area is 222 Å². The highest BCUT2D eigenvalue weighted by Gasteiger charge is 2.40. The van der Waals surface area contributed by atoms with Gasteiger partial charge < -0.3 is 20.4 Å². The molecule has 1 aliphatic carbocycles. The molecule has 194 valence electrons. The quantitative estimate of drug-likeness (QED) is 0.328. The first-order valence-corrected chi connectivity index (χ1v) is 12.5. The summed E-state index contributed by atoms with van der Waals surface area (Å²) in [5.74, 6) is -1.53. The lowest BCUT2D eigenvalue weighted by Gasteiger charge is -2.22. The number of amides is 2. The first-order chi connectivity index (χ1) is 18.3. The number of methoxy groups -OCH3 is 1. The fraction of sp³-hybridized carbons (Fsp3) is 0.214. The maximum absolute atomic E-state index is 13.1. The highest BCUT2D eigenvalue weighted by atomic mass is 35.5. The summed E-state index contributed by atoms with van der Waals surface area (Å²) in [6, 6.07) is 15.7. The molecule has 0 radical (unpaired) electrons. The zero-order valence-electron chi connectivity index (χ0n) is 20.4. The van der Waals surface area contributed by atoms with Gasteiger partial charge in [-0.15, -0.1) is 0 Å². The van der Waals surface area contributed by atoms with Gasteiger partial charge >= 0.3 is 5.97 Å². The molecule has 3 N–H and O–H groups in total. The molecular formula is C28H25ClN4O5. The van der Waals surface area contributed by atoms with Crippen LogP contribution < -0.4 is 16.2 Å². The molecule has 1 saturated carbocycles. The van der Waals surface area contributed by atoms with Crippen molar-refractivity contribution in [1.82, 2.24) is 20.2 Å². The van der Waals surface area contributed by atoms with Crippen LogP contribution in [-0.4, -0.2) is 46.5 Å². The minimum Gasteiger partial charge on any atom is -0.469 e. The highest BCUT2D eigenvalue weighted by molar-refractivity contribution is 6.35. The molecule has 0 bridgehead atoms. The molecule has 9 nitrogen and oxygen atoms in total. The summed E-state index contributed by atoms with van der Waals surface area (Å²) in [5.41, 5.74) is 1.99. The maximum atomic E-state index is 13.1. The smallest absolute Gasteiger partial charge is 0.308 e. The molecule has 2 amide bonds. The van der Waals surface area contributed by atoms with Gasteiger partial charge in [0.15, 0.2) is 0 Å². The average molecular weight is 533 g/mol. The molecule has 1 fully saturated rings. The number of nitrogens with one attached hydrogen (secondary N) is 3. The molecule has 1 unspecified atom stereocenters. The summed E-state index contributed by atoms with van der Waals surface area (Å²) < 4.78 is 6.39. The lowest BCUT2D eigenvalue weighted by atomic mass is 10.1. The van der Waals surface area contributed by atoms with Gasteiger partial charge in [-0.05, 0) is 55.3 Å². The second-order valence-electron chi connectivity index (χ2n) is 9.20. The van der Waals surface area contributed by atoms with Crippen LogP contribution in [0.25, 0.3) is 16.6 Å². The third kappa shape index (κ3) is 5.05. The SMILES string of the molecule is COC(=O)C1C[C@H](NC(=O)c2ccc(-n3ccccc3=O)cc2)[C@H](NC(=O)c2ccc3c(Cl)c[nH]c3c2)C1. The molecule has 0 spiro atoms. The Balaban J connectivity index is 1.32. The van der Waals surface area contributed by atoms with Gasteiger partial charge in [-0.1, -0.05) is 23.7 Å². The Morgan fingerprint density at radius 1 is 0.947 bits per heavy atom. The van der Waals surface area contributed by atoms with E-state index in [2.05, 4.69) is 15.6 Å². The number of hydrogen-bond donors (Lipinski definition) is 3. The first kappa shape index (κ1) is 25.3. The number of aromatic amines is 1. The number of rotatable bonds is 6. The molecule has 2 aromatic carbocycles. The van der Waals surface area contributed by atoms with Crippen LogP contribution in [0.15, 0.2) is 77.9 Å². The Morgan fingerprint density at radius 3 is 2.26 bits per heavy atom. The van der Waals surface area contributed by atoms with Crippen LogP contribution in [0.4, 0.5) is 0 Å². The fourth-order valence-electron chi connectivity index (χ4n) is 4.87. The molecule has 10 heteroatoms. The third-order valence-corrected chi connectivity index (χ3v) is 7.17. The Hall–Kier alpha value is -4.37. The Bertz CT molecular complexity index is 1580. The van der Waals surface area contributed by atoms with Crippen LogP contribution >= 0.6 is 11.6 Å². The van der Waals surface area contributed by atoms with Crippen molar-refractivity contribution in [3.63, 3.8) is 0 Å². The number of carbonyl (C=O) groups is 3. The van der Waals surface area contributed by atoms with Crippen LogP contribution in [0.5, 0.6) is 0 Å². The first-order valence-electron chi connectivity index (χ1n) is 12.1. The van der Waals surface area contributed by atoms with Crippen LogP contribution in [0, 0.1) is 5.92 Å². The van der Waals surface area contributed by atoms with E-state index in [9.17, 15) is 19.2 Å². The van der Waals surface area contributed by atoms with E-state index in [1.165, 1.54) is 17.7 Å². The summed E-state index contributed by atoms with van der Waals surface area (Å²) in [6.45, 7) is 0. The van der Waals surface area contributed by atoms with Gasteiger partial charge in [0.1, 0.15) is 0 Å². The molecule has 2 aromatic heterocycles. The molecule has 1 aliphatic rings. The van der Waals surface area contributed by atoms with E-state index in [0.29, 0.717) is 34.7 Å². The molecule has 3 atom stereocenters. The number of nitrogens with zero attached hydrogens (tertiary/aromatic N) is 1. The molecule has 0 aliphatic heterocycles. The molecule has 38 heavy (non-hydrogen) atoms. The molecular weight excluding hydrogens is 508 g/mol. The monoisotopic (exact) mass is 532 g/mol. The van der Waals surface area contributed by atoms with E-state index in [1.807, 2.05) is 0 Å². The van der Waals surface area contributed by atoms with E-state index in [-0.39, 0.29) is 23.3 Å². The van der Waals surface area contributed by atoms with Gasteiger partial charge in [0.05, 0.1) is 30.1 Å². The van der Waals surface area contributed by atoms with Gasteiger partial charge in [-0.2, -0.15) is 0 Å². The number of esters is 1. The summed E-state index contributed by atoms with van der Waals surface area (Å²) in [4.78, 5) is 53.5. The second-order valence-corrected chi connectivity index (χ2v) is 9.61. The summed E-state index contributed by atoms with van der Waals surface area (Å²) in [5, 5.41) is 7.31. The van der Waals surface area contributed by atoms with E-state index < -0.39 is 18.0 Å². The van der Waals surface area contributed by atoms with Gasteiger partial charge in [0, 0.05) is 46.2 Å². The predicted molar refractivity (Wildman–Crippen MR) is 143 cm³/mol. The van der Waals surface area contributed by atoms with Crippen LogP contribution in [0.3, 0.4) is 0 Å². The summed E-state index contributed by atoms with van der Waals surface area (Å²) in [7, 11) is 1.32. The summed E-state index contributed by atoms with van der Waals surface area (Å²) >= 11 is 6.14. The van der Waals surface area contributed by atoms with Gasteiger partial charge in [0.2, 0.25) is 0 Å². The number of benzene rings is 2. The van der Waals surface area contributed by atoms with Crippen LogP contribution in [0.1, 0.15) is 33.6 Å². The number of ether oxygens (including phenoxy) is 1. The van der Waals surface area contributed by atoms with E-state index in [1.54, 1.807) is 67.0 Å². The minimum absolute atomic E-state index is 0.179. The Morgan fingerprint density at radius 2 is 1.61 bits per heavy atom. The zero-order valence-corrected chi connectivity index (χ0v) is 21.2. The van der Waals surface area contributed by atoms with E-state index >= 15 is 0 Å². The minimum atomic E-state index is -0.490. The standard InChI is InChI=1S/C28H25ClN4O5/c1-38-28(37)18-13-23(24(14-18)32-27(36)17-7-10-20-21(29)15-30-22(20)12-17)31-26(35)16-5-8-19(9-6-16)33-11-3-2-4-25(33)34/h2-12,15,18,23-24,30H,13-14H2,1H3,(H,31,35)(H,32,36)/t18?,23-,24+/m0/s1. The van der Waals surface area contributed by atoms with Gasteiger partial charge in [-0.25, -0.2) is 0 Å². The van der Waals surface area contributed by atoms with Crippen molar-refractivity contribution in [2.24, 2.45) is 5.92 Å². The van der Waals surface area contributed by atoms with E-state index in [4.69, 9.17) is 16.3 Å². The van der Waals surface area contributed by atoms with E-state index in [0.717, 1.165) is 10.9 Å². The fourth-order valence-corrected chi connectivity index (χ4v) is 5.08. The second kappa shape index (κ2) is 10.5. The number of hydrogen-bond acceptors (Lipinski definition) is 5. The number of pyridine rings is 1. The molecule has 0 saturated heterocycles. The number of fused-ring (bicyclic) bond motifs is 1. The van der Waals surface area contributed by atoms with Crippen molar-refractivity contribution in [2.45, 2.75) is 24.9 Å². The topological polar surface area (TPSA) is 122 Å². The number of carbonyl (C=O) groups excluding carboxylic acids is 3. The predicted octanol–water partition coefficient (Wildman–Crippen LogP) is 3.45. The van der Waals surface area contributed by atoms with Crippen molar-refractivity contribution in [3.8, 4) is 5.69 Å². The van der Waals surface area contributed by atoms with Crippen LogP contribution in [-0.2, 0) is 9.53 Å². The number of H-pyrrole nitrogens is 1. The van der Waals surface area contributed by atoms with Crippen molar-refractivity contribution in [3.05, 3.63) is 99.6 Å². The number of halogens is 1.